The summed E-state index contributed by atoms with van der Waals surface area (Å²) >= 11 is 2.98. The minimum Gasteiger partial charge on any atom is -0.461 e. The van der Waals surface area contributed by atoms with Crippen LogP contribution in [0.25, 0.3) is 6.08 Å². The lowest BCUT2D eigenvalue weighted by atomic mass is 10.3. The van der Waals surface area contributed by atoms with E-state index in [4.69, 9.17) is 4.42 Å². The molecule has 2 aromatic rings. The summed E-state index contributed by atoms with van der Waals surface area (Å²) in [6.45, 7) is 4.26. The highest BCUT2D eigenvalue weighted by molar-refractivity contribution is 8.01. The first kappa shape index (κ1) is 15.3. The van der Waals surface area contributed by atoms with Gasteiger partial charge in [0.05, 0.1) is 0 Å². The van der Waals surface area contributed by atoms with Crippen LogP contribution in [0.15, 0.2) is 27.0 Å². The monoisotopic (exact) mass is 335 g/mol. The van der Waals surface area contributed by atoms with E-state index in [1.54, 1.807) is 17.8 Å². The smallest absolute Gasteiger partial charge is 0.250 e. The molecule has 2 unspecified atom stereocenters. The summed E-state index contributed by atoms with van der Waals surface area (Å²) in [5.74, 6) is 3.66. The first-order chi connectivity index (χ1) is 10.7. The molecule has 1 fully saturated rings. The lowest BCUT2D eigenvalue weighted by Crippen LogP contribution is -2.07. The van der Waals surface area contributed by atoms with Gasteiger partial charge in [-0.3, -0.25) is 10.1 Å². The summed E-state index contributed by atoms with van der Waals surface area (Å²) in [7, 11) is 0. The molecule has 0 aromatic carbocycles. The largest absolute Gasteiger partial charge is 0.461 e. The number of aromatic nitrogens is 2. The Bertz CT molecular complexity index is 693. The average molecular weight is 335 g/mol. The number of rotatable bonds is 6. The molecule has 2 aromatic heterocycles. The van der Waals surface area contributed by atoms with Gasteiger partial charge in [0.2, 0.25) is 11.0 Å². The number of amides is 1. The van der Waals surface area contributed by atoms with E-state index in [2.05, 4.69) is 22.4 Å². The zero-order valence-electron chi connectivity index (χ0n) is 12.4. The number of furan rings is 1. The molecule has 0 radical (unpaired) electrons. The Morgan fingerprint density at radius 1 is 1.55 bits per heavy atom. The fourth-order valence-corrected chi connectivity index (χ4v) is 3.77. The van der Waals surface area contributed by atoms with Gasteiger partial charge in [-0.05, 0) is 36.3 Å². The van der Waals surface area contributed by atoms with Crippen LogP contribution in [0.3, 0.4) is 0 Å². The number of carbonyl (C=O) groups is 1. The molecule has 0 saturated heterocycles. The van der Waals surface area contributed by atoms with Crippen LogP contribution in [-0.2, 0) is 4.79 Å². The average Bonchev–Trinajstić information content (AvgIpc) is 2.92. The molecular weight excluding hydrogens is 318 g/mol. The molecule has 1 aliphatic rings. The second-order valence-electron chi connectivity index (χ2n) is 5.19. The Kier molecular flexibility index (Phi) is 4.63. The fraction of sp³-hybridized carbons (Fsp3) is 0.400. The third-order valence-corrected chi connectivity index (χ3v) is 5.28. The number of hydrogen-bond acceptors (Lipinski definition) is 6. The zero-order valence-corrected chi connectivity index (χ0v) is 14.0. The minimum absolute atomic E-state index is 0.234. The molecule has 3 rings (SSSR count). The van der Waals surface area contributed by atoms with Crippen LogP contribution < -0.4 is 5.32 Å². The van der Waals surface area contributed by atoms with Crippen molar-refractivity contribution in [2.45, 2.75) is 30.5 Å². The maximum absolute atomic E-state index is 11.9. The summed E-state index contributed by atoms with van der Waals surface area (Å²) in [4.78, 5) is 11.9. The van der Waals surface area contributed by atoms with E-state index in [0.717, 1.165) is 15.9 Å². The van der Waals surface area contributed by atoms with Crippen molar-refractivity contribution in [2.24, 2.45) is 5.92 Å². The van der Waals surface area contributed by atoms with Crippen molar-refractivity contribution in [2.75, 3.05) is 11.1 Å². The van der Waals surface area contributed by atoms with Gasteiger partial charge in [-0.25, -0.2) is 0 Å². The van der Waals surface area contributed by atoms with Crippen LogP contribution in [-0.4, -0.2) is 21.9 Å². The highest BCUT2D eigenvalue weighted by Gasteiger charge is 2.36. The highest BCUT2D eigenvalue weighted by atomic mass is 32.2. The Morgan fingerprint density at radius 2 is 2.36 bits per heavy atom. The van der Waals surface area contributed by atoms with Gasteiger partial charge in [0.25, 0.3) is 0 Å². The molecule has 1 saturated carbocycles. The van der Waals surface area contributed by atoms with Crippen LogP contribution in [0.5, 0.6) is 0 Å². The van der Waals surface area contributed by atoms with Gasteiger partial charge in [-0.1, -0.05) is 36.9 Å². The first-order valence-corrected chi connectivity index (χ1v) is 9.01. The molecular formula is C15H17N3O2S2. The van der Waals surface area contributed by atoms with Crippen LogP contribution in [0.2, 0.25) is 0 Å². The molecule has 22 heavy (non-hydrogen) atoms. The maximum Gasteiger partial charge on any atom is 0.250 e. The van der Waals surface area contributed by atoms with Gasteiger partial charge in [0.1, 0.15) is 11.5 Å². The minimum atomic E-state index is -0.234. The second kappa shape index (κ2) is 6.66. The van der Waals surface area contributed by atoms with Gasteiger partial charge in [-0.15, -0.1) is 10.2 Å². The molecule has 7 heteroatoms. The standard InChI is InChI=1S/C15H17N3O2S2/c1-3-21-15-18-17-14(22-15)16-13(19)7-5-10-4-6-12(20-10)11-8-9(11)2/h4-7,9,11H,3,8H2,1-2H3,(H,16,17,19)/b7-5+. The Labute approximate surface area is 137 Å². The molecule has 2 atom stereocenters. The topological polar surface area (TPSA) is 68.0 Å². The molecule has 0 aliphatic heterocycles. The van der Waals surface area contributed by atoms with E-state index in [-0.39, 0.29) is 5.91 Å². The fourth-order valence-electron chi connectivity index (χ4n) is 2.12. The molecule has 5 nitrogen and oxygen atoms in total. The number of nitrogens with one attached hydrogen (secondary N) is 1. The van der Waals surface area contributed by atoms with Gasteiger partial charge >= 0.3 is 0 Å². The number of thioether (sulfide) groups is 1. The van der Waals surface area contributed by atoms with Crippen molar-refractivity contribution in [3.05, 3.63) is 29.7 Å². The molecule has 1 amide bonds. The second-order valence-corrected chi connectivity index (χ2v) is 7.68. The molecule has 1 aliphatic carbocycles. The number of nitrogens with zero attached hydrogens (tertiary/aromatic N) is 2. The van der Waals surface area contributed by atoms with Crippen LogP contribution in [0.4, 0.5) is 5.13 Å². The van der Waals surface area contributed by atoms with Crippen molar-refractivity contribution in [3.63, 3.8) is 0 Å². The maximum atomic E-state index is 11.9. The van der Waals surface area contributed by atoms with Crippen LogP contribution in [0.1, 0.15) is 37.7 Å². The number of anilines is 1. The lowest BCUT2D eigenvalue weighted by molar-refractivity contribution is -0.111. The first-order valence-electron chi connectivity index (χ1n) is 7.20. The predicted octanol–water partition coefficient (Wildman–Crippen LogP) is 4.02. The van der Waals surface area contributed by atoms with E-state index in [1.807, 2.05) is 19.1 Å². The highest BCUT2D eigenvalue weighted by Crippen LogP contribution is 2.47. The summed E-state index contributed by atoms with van der Waals surface area (Å²) in [6, 6.07) is 3.88. The summed E-state index contributed by atoms with van der Waals surface area (Å²) in [6.07, 6.45) is 4.31. The predicted molar refractivity (Wildman–Crippen MR) is 89.2 cm³/mol. The normalized spacial score (nSPS) is 20.5. The zero-order chi connectivity index (χ0) is 15.5. The van der Waals surface area contributed by atoms with Gasteiger partial charge in [0, 0.05) is 12.0 Å². The van der Waals surface area contributed by atoms with Gasteiger partial charge in [0.15, 0.2) is 4.34 Å². The van der Waals surface area contributed by atoms with E-state index < -0.39 is 0 Å². The molecule has 0 bridgehead atoms. The molecule has 1 N–H and O–H groups in total. The molecule has 2 heterocycles. The SMILES string of the molecule is CCSc1nnc(NC(=O)/C=C/c2ccc(C3CC3C)o2)s1. The van der Waals surface area contributed by atoms with Crippen molar-refractivity contribution in [1.29, 1.82) is 0 Å². The van der Waals surface area contributed by atoms with Crippen LogP contribution >= 0.6 is 23.1 Å². The number of hydrogen-bond donors (Lipinski definition) is 1. The third-order valence-electron chi connectivity index (χ3n) is 3.43. The van der Waals surface area contributed by atoms with Gasteiger partial charge in [-0.2, -0.15) is 0 Å². The Balaban J connectivity index is 1.55. The summed E-state index contributed by atoms with van der Waals surface area (Å²) in [5, 5.41) is 11.1. The Morgan fingerprint density at radius 3 is 3.09 bits per heavy atom. The van der Waals surface area contributed by atoms with Crippen molar-refractivity contribution in [3.8, 4) is 0 Å². The summed E-state index contributed by atoms with van der Waals surface area (Å²) < 4.78 is 6.58. The van der Waals surface area contributed by atoms with E-state index in [0.29, 0.717) is 22.7 Å². The lowest BCUT2D eigenvalue weighted by Gasteiger charge is -1.94. The van der Waals surface area contributed by atoms with Crippen molar-refractivity contribution < 1.29 is 9.21 Å². The van der Waals surface area contributed by atoms with E-state index in [9.17, 15) is 4.79 Å². The van der Waals surface area contributed by atoms with Crippen molar-refractivity contribution >= 4 is 40.2 Å². The molecule has 0 spiro atoms. The quantitative estimate of drug-likeness (QED) is 0.490. The Hall–Kier alpha value is -1.60. The molecule has 116 valence electrons. The van der Waals surface area contributed by atoms with Crippen molar-refractivity contribution in [1.82, 2.24) is 10.2 Å². The third kappa shape index (κ3) is 3.78. The number of carbonyl (C=O) groups excluding carboxylic acids is 1. The summed E-state index contributed by atoms with van der Waals surface area (Å²) in [5.41, 5.74) is 0. The van der Waals surface area contributed by atoms with E-state index in [1.165, 1.54) is 23.8 Å². The van der Waals surface area contributed by atoms with Crippen LogP contribution in [0, 0.1) is 5.92 Å². The van der Waals surface area contributed by atoms with E-state index >= 15 is 0 Å². The van der Waals surface area contributed by atoms with Gasteiger partial charge < -0.3 is 4.42 Å².